The summed E-state index contributed by atoms with van der Waals surface area (Å²) in [6.07, 6.45) is 1.81. The second kappa shape index (κ2) is 7.24. The number of ether oxygens (including phenoxy) is 1. The van der Waals surface area contributed by atoms with E-state index in [1.54, 1.807) is 0 Å². The second-order valence-electron chi connectivity index (χ2n) is 5.65. The lowest BCUT2D eigenvalue weighted by Crippen LogP contribution is -2.14. The number of fused-ring (bicyclic) bond motifs is 1. The van der Waals surface area contributed by atoms with Crippen LogP contribution in [0.25, 0.3) is 10.8 Å². The molecule has 23 heavy (non-hydrogen) atoms. The molecule has 0 spiro atoms. The molecule has 0 amide bonds. The average molecular weight is 313 g/mol. The van der Waals surface area contributed by atoms with Crippen molar-refractivity contribution in [3.05, 3.63) is 48.0 Å². The molecule has 0 aliphatic carbocycles. The topological polar surface area (TPSA) is 68.1 Å². The maximum atomic E-state index is 10.7. The molecular formula is C18H19NO4. The summed E-state index contributed by atoms with van der Waals surface area (Å²) in [5.74, 6) is -1.000. The van der Waals surface area contributed by atoms with Crippen LogP contribution in [-0.4, -0.2) is 29.5 Å². The zero-order chi connectivity index (χ0) is 16.1. The molecule has 5 nitrogen and oxygen atoms in total. The molecule has 0 aromatic heterocycles. The zero-order valence-corrected chi connectivity index (χ0v) is 12.8. The molecule has 5 heteroatoms. The van der Waals surface area contributed by atoms with E-state index < -0.39 is 5.97 Å². The first-order valence-corrected chi connectivity index (χ1v) is 7.74. The third-order valence-electron chi connectivity index (χ3n) is 3.88. The smallest absolute Gasteiger partial charge is 0.353 e. The van der Waals surface area contributed by atoms with E-state index in [0.717, 1.165) is 18.4 Å². The molecule has 0 bridgehead atoms. The summed E-state index contributed by atoms with van der Waals surface area (Å²) in [6, 6.07) is 14.6. The molecule has 2 aromatic rings. The number of hydrogen-bond acceptors (Lipinski definition) is 4. The van der Waals surface area contributed by atoms with Crippen LogP contribution in [0, 0.1) is 0 Å². The standard InChI is InChI=1S/C18H19NO4/c20-18(21)17-11-16(23-19-17)6-3-9-22-12-13-7-8-14-4-1-2-5-15(14)10-13/h1-2,4-5,7-8,10,16H,3,6,9,11-12H2,(H,20,21). The molecule has 1 heterocycles. The maximum absolute atomic E-state index is 10.7. The highest BCUT2D eigenvalue weighted by atomic mass is 16.6. The molecule has 1 unspecified atom stereocenters. The Bertz CT molecular complexity index is 726. The first kappa shape index (κ1) is 15.5. The van der Waals surface area contributed by atoms with E-state index in [4.69, 9.17) is 14.7 Å². The first-order chi connectivity index (χ1) is 11.2. The Hall–Kier alpha value is -2.40. The Labute approximate surface area is 134 Å². The summed E-state index contributed by atoms with van der Waals surface area (Å²) in [5, 5.41) is 14.8. The predicted octanol–water partition coefficient (Wildman–Crippen LogP) is 3.37. The van der Waals surface area contributed by atoms with Crippen molar-refractivity contribution >= 4 is 22.5 Å². The number of benzene rings is 2. The Kier molecular flexibility index (Phi) is 4.88. The van der Waals surface area contributed by atoms with Crippen molar-refractivity contribution in [3.8, 4) is 0 Å². The monoisotopic (exact) mass is 313 g/mol. The Balaban J connectivity index is 1.37. The van der Waals surface area contributed by atoms with E-state index in [2.05, 4.69) is 35.5 Å². The molecule has 1 aliphatic rings. The van der Waals surface area contributed by atoms with Gasteiger partial charge in [0, 0.05) is 13.0 Å². The number of carboxylic acid groups (broad SMARTS) is 1. The van der Waals surface area contributed by atoms with Gasteiger partial charge in [0.25, 0.3) is 0 Å². The molecule has 0 radical (unpaired) electrons. The number of aliphatic carboxylic acids is 1. The van der Waals surface area contributed by atoms with Crippen LogP contribution in [0.2, 0.25) is 0 Å². The summed E-state index contributed by atoms with van der Waals surface area (Å²) < 4.78 is 5.69. The van der Waals surface area contributed by atoms with Crippen LogP contribution in [0.1, 0.15) is 24.8 Å². The molecule has 2 aromatic carbocycles. The highest BCUT2D eigenvalue weighted by Crippen LogP contribution is 2.17. The number of nitrogens with zero attached hydrogens (tertiary/aromatic N) is 1. The van der Waals surface area contributed by atoms with Gasteiger partial charge in [-0.1, -0.05) is 41.6 Å². The molecule has 1 aliphatic heterocycles. The van der Waals surface area contributed by atoms with Crippen LogP contribution in [0.15, 0.2) is 47.6 Å². The molecule has 120 valence electrons. The van der Waals surface area contributed by atoms with Crippen LogP contribution in [-0.2, 0) is 21.0 Å². The largest absolute Gasteiger partial charge is 0.477 e. The number of rotatable bonds is 7. The van der Waals surface area contributed by atoms with Gasteiger partial charge in [0.05, 0.1) is 6.61 Å². The number of hydrogen-bond donors (Lipinski definition) is 1. The lowest BCUT2D eigenvalue weighted by atomic mass is 10.1. The van der Waals surface area contributed by atoms with Gasteiger partial charge in [-0.3, -0.25) is 0 Å². The fourth-order valence-corrected chi connectivity index (χ4v) is 2.64. The van der Waals surface area contributed by atoms with E-state index in [1.165, 1.54) is 10.8 Å². The third kappa shape index (κ3) is 4.07. The summed E-state index contributed by atoms with van der Waals surface area (Å²) in [7, 11) is 0. The van der Waals surface area contributed by atoms with Crippen molar-refractivity contribution in [2.45, 2.75) is 32.0 Å². The average Bonchev–Trinajstić information content (AvgIpc) is 3.03. The van der Waals surface area contributed by atoms with Crippen LogP contribution in [0.5, 0.6) is 0 Å². The summed E-state index contributed by atoms with van der Waals surface area (Å²) in [6.45, 7) is 1.20. The van der Waals surface area contributed by atoms with Gasteiger partial charge in [-0.05, 0) is 35.2 Å². The number of carbonyl (C=O) groups is 1. The van der Waals surface area contributed by atoms with Crippen molar-refractivity contribution in [1.29, 1.82) is 0 Å². The minimum absolute atomic E-state index is 0.104. The predicted molar refractivity (Wildman–Crippen MR) is 87.4 cm³/mol. The Morgan fingerprint density at radius 1 is 1.26 bits per heavy atom. The molecule has 0 saturated carbocycles. The van der Waals surface area contributed by atoms with E-state index in [1.807, 2.05) is 12.1 Å². The minimum Gasteiger partial charge on any atom is -0.477 e. The van der Waals surface area contributed by atoms with Crippen molar-refractivity contribution in [2.75, 3.05) is 6.61 Å². The van der Waals surface area contributed by atoms with Crippen molar-refractivity contribution < 1.29 is 19.5 Å². The molecule has 1 atom stereocenters. The van der Waals surface area contributed by atoms with Crippen LogP contribution in [0.3, 0.4) is 0 Å². The van der Waals surface area contributed by atoms with Crippen LogP contribution in [0.4, 0.5) is 0 Å². The Morgan fingerprint density at radius 2 is 2.09 bits per heavy atom. The van der Waals surface area contributed by atoms with Gasteiger partial charge < -0.3 is 14.7 Å². The van der Waals surface area contributed by atoms with E-state index in [0.29, 0.717) is 19.6 Å². The SMILES string of the molecule is O=C(O)C1=NOC(CCCOCc2ccc3ccccc3c2)C1. The quantitative estimate of drug-likeness (QED) is 0.796. The van der Waals surface area contributed by atoms with Gasteiger partial charge in [0.15, 0.2) is 5.71 Å². The molecule has 1 N–H and O–H groups in total. The van der Waals surface area contributed by atoms with E-state index in [9.17, 15) is 4.79 Å². The lowest BCUT2D eigenvalue weighted by Gasteiger charge is -2.08. The van der Waals surface area contributed by atoms with Gasteiger partial charge in [-0.15, -0.1) is 0 Å². The first-order valence-electron chi connectivity index (χ1n) is 7.74. The minimum atomic E-state index is -1.000. The summed E-state index contributed by atoms with van der Waals surface area (Å²) in [4.78, 5) is 15.8. The van der Waals surface area contributed by atoms with Gasteiger partial charge in [-0.25, -0.2) is 4.79 Å². The van der Waals surface area contributed by atoms with Crippen LogP contribution < -0.4 is 0 Å². The molecule has 3 rings (SSSR count). The third-order valence-corrected chi connectivity index (χ3v) is 3.88. The zero-order valence-electron chi connectivity index (χ0n) is 12.8. The number of oxime groups is 1. The molecule has 0 fully saturated rings. The highest BCUT2D eigenvalue weighted by Gasteiger charge is 2.25. The van der Waals surface area contributed by atoms with Crippen molar-refractivity contribution in [1.82, 2.24) is 0 Å². The highest BCUT2D eigenvalue weighted by molar-refractivity contribution is 6.35. The van der Waals surface area contributed by atoms with Gasteiger partial charge in [-0.2, -0.15) is 0 Å². The second-order valence-corrected chi connectivity index (χ2v) is 5.65. The van der Waals surface area contributed by atoms with Gasteiger partial charge in [0.1, 0.15) is 6.10 Å². The summed E-state index contributed by atoms with van der Waals surface area (Å²) in [5.41, 5.74) is 1.25. The van der Waals surface area contributed by atoms with Gasteiger partial charge in [0.2, 0.25) is 0 Å². The van der Waals surface area contributed by atoms with Crippen molar-refractivity contribution in [3.63, 3.8) is 0 Å². The molecular weight excluding hydrogens is 294 g/mol. The normalized spacial score (nSPS) is 17.0. The number of carboxylic acids is 1. The van der Waals surface area contributed by atoms with E-state index >= 15 is 0 Å². The van der Waals surface area contributed by atoms with E-state index in [-0.39, 0.29) is 11.8 Å². The summed E-state index contributed by atoms with van der Waals surface area (Å²) >= 11 is 0. The lowest BCUT2D eigenvalue weighted by molar-refractivity contribution is -0.129. The van der Waals surface area contributed by atoms with Gasteiger partial charge >= 0.3 is 5.97 Å². The fourth-order valence-electron chi connectivity index (χ4n) is 2.64. The Morgan fingerprint density at radius 3 is 2.87 bits per heavy atom. The van der Waals surface area contributed by atoms with Crippen LogP contribution >= 0.6 is 0 Å². The maximum Gasteiger partial charge on any atom is 0.353 e. The fraction of sp³-hybridized carbons (Fsp3) is 0.333. The van der Waals surface area contributed by atoms with Crippen molar-refractivity contribution in [2.24, 2.45) is 5.16 Å². The molecule has 0 saturated heterocycles.